The molecule has 0 aliphatic carbocycles. The molecule has 1 fully saturated rings. The number of amides is 4. The van der Waals surface area contributed by atoms with Crippen molar-refractivity contribution in [3.8, 4) is 5.75 Å². The number of nitrogens with zero attached hydrogens (tertiary/aromatic N) is 2. The Labute approximate surface area is 216 Å². The van der Waals surface area contributed by atoms with Gasteiger partial charge in [0, 0.05) is 23.8 Å². The van der Waals surface area contributed by atoms with Crippen LogP contribution in [0.1, 0.15) is 34.1 Å². The first-order chi connectivity index (χ1) is 16.9. The van der Waals surface area contributed by atoms with Crippen molar-refractivity contribution in [1.29, 1.82) is 0 Å². The number of anilines is 2. The number of piperidine rings is 1. The maximum absolute atomic E-state index is 13.6. The molecule has 0 saturated carbocycles. The zero-order valence-corrected chi connectivity index (χ0v) is 21.9. The van der Waals surface area contributed by atoms with Gasteiger partial charge in [0.2, 0.25) is 5.91 Å². The van der Waals surface area contributed by atoms with Gasteiger partial charge in [0.05, 0.1) is 5.69 Å². The topological polar surface area (TPSA) is 91.0 Å². The number of carbonyl (C=O) groups excluding carboxylic acids is 3. The minimum absolute atomic E-state index is 0.0241. The second kappa shape index (κ2) is 10.0. The molecular weight excluding hydrogens is 480 g/mol. The lowest BCUT2D eigenvalue weighted by molar-refractivity contribution is -0.137. The van der Waals surface area contributed by atoms with Gasteiger partial charge in [-0.1, -0.05) is 57.5 Å². The molecule has 2 aromatic carbocycles. The standard InChI is InChI=1S/C27H33ClN4O4/c1-26(2)15-27(3,4)17-31(16-26)23(33)13-32-21-10-5-6-11-22(21)36-14-20(24(32)34)30-25(35)29-19-9-7-8-18(28)12-19/h5-12,20H,13-17H2,1-4H3,(H2,29,30,35)/t20-/m1/s1. The van der Waals surface area contributed by atoms with E-state index in [-0.39, 0.29) is 29.9 Å². The average molecular weight is 513 g/mol. The summed E-state index contributed by atoms with van der Waals surface area (Å²) in [4.78, 5) is 43.1. The van der Waals surface area contributed by atoms with Crippen molar-refractivity contribution in [2.45, 2.75) is 40.2 Å². The first kappa shape index (κ1) is 25.8. The number of nitrogens with one attached hydrogen (secondary N) is 2. The molecule has 192 valence electrons. The molecule has 2 N–H and O–H groups in total. The Balaban J connectivity index is 1.53. The summed E-state index contributed by atoms with van der Waals surface area (Å²) in [6, 6.07) is 12.2. The number of hydrogen-bond donors (Lipinski definition) is 2. The highest BCUT2D eigenvalue weighted by molar-refractivity contribution is 6.30. The fraction of sp³-hybridized carbons (Fsp3) is 0.444. The van der Waals surface area contributed by atoms with Crippen molar-refractivity contribution in [3.63, 3.8) is 0 Å². The van der Waals surface area contributed by atoms with Crippen LogP contribution in [0.15, 0.2) is 48.5 Å². The van der Waals surface area contributed by atoms with Crippen LogP contribution in [0.2, 0.25) is 5.02 Å². The molecule has 0 bridgehead atoms. The van der Waals surface area contributed by atoms with Crippen LogP contribution in [0.25, 0.3) is 0 Å². The summed E-state index contributed by atoms with van der Waals surface area (Å²) in [6.45, 7) is 9.69. The van der Waals surface area contributed by atoms with Gasteiger partial charge < -0.3 is 20.3 Å². The van der Waals surface area contributed by atoms with Crippen LogP contribution in [-0.4, -0.2) is 55.0 Å². The van der Waals surface area contributed by atoms with Crippen LogP contribution < -0.4 is 20.3 Å². The molecule has 1 atom stereocenters. The summed E-state index contributed by atoms with van der Waals surface area (Å²) in [5.41, 5.74) is 0.951. The van der Waals surface area contributed by atoms with Gasteiger partial charge in [-0.15, -0.1) is 0 Å². The molecule has 0 unspecified atom stereocenters. The van der Waals surface area contributed by atoms with Gasteiger partial charge in [-0.3, -0.25) is 14.5 Å². The first-order valence-corrected chi connectivity index (χ1v) is 12.4. The fourth-order valence-corrected chi connectivity index (χ4v) is 5.61. The van der Waals surface area contributed by atoms with Crippen molar-refractivity contribution >= 4 is 40.8 Å². The number of carbonyl (C=O) groups is 3. The highest BCUT2D eigenvalue weighted by atomic mass is 35.5. The second-order valence-corrected chi connectivity index (χ2v) is 11.6. The molecule has 9 heteroatoms. The number of benzene rings is 2. The normalized spacial score (nSPS) is 20.6. The van der Waals surface area contributed by atoms with Gasteiger partial charge in [-0.25, -0.2) is 4.79 Å². The van der Waals surface area contributed by atoms with E-state index >= 15 is 0 Å². The van der Waals surface area contributed by atoms with Crippen molar-refractivity contribution in [1.82, 2.24) is 10.2 Å². The van der Waals surface area contributed by atoms with E-state index in [1.165, 1.54) is 4.90 Å². The molecular formula is C27H33ClN4O4. The number of hydrogen-bond acceptors (Lipinski definition) is 4. The molecule has 1 saturated heterocycles. The molecule has 0 aromatic heterocycles. The number of para-hydroxylation sites is 2. The molecule has 2 aliphatic heterocycles. The Morgan fingerprint density at radius 2 is 1.75 bits per heavy atom. The molecule has 4 amide bonds. The Bertz CT molecular complexity index is 1150. The lowest BCUT2D eigenvalue weighted by Crippen LogP contribution is -2.56. The smallest absolute Gasteiger partial charge is 0.320 e. The van der Waals surface area contributed by atoms with Gasteiger partial charge in [-0.05, 0) is 47.6 Å². The highest BCUT2D eigenvalue weighted by Gasteiger charge is 2.41. The van der Waals surface area contributed by atoms with Gasteiger partial charge in [0.15, 0.2) is 0 Å². The largest absolute Gasteiger partial charge is 0.489 e. The van der Waals surface area contributed by atoms with E-state index in [0.717, 1.165) is 6.42 Å². The minimum Gasteiger partial charge on any atom is -0.489 e. The van der Waals surface area contributed by atoms with Gasteiger partial charge >= 0.3 is 6.03 Å². The van der Waals surface area contributed by atoms with Crippen LogP contribution in [0, 0.1) is 10.8 Å². The summed E-state index contributed by atoms with van der Waals surface area (Å²) in [5, 5.41) is 5.85. The van der Waals surface area contributed by atoms with E-state index in [1.807, 2.05) is 4.90 Å². The minimum atomic E-state index is -0.987. The highest BCUT2D eigenvalue weighted by Crippen LogP contribution is 2.40. The third-order valence-corrected chi connectivity index (χ3v) is 6.59. The van der Waals surface area contributed by atoms with Crippen LogP contribution in [0.5, 0.6) is 5.75 Å². The van der Waals surface area contributed by atoms with E-state index in [2.05, 4.69) is 38.3 Å². The lowest BCUT2D eigenvalue weighted by Gasteiger charge is -2.47. The number of ether oxygens (including phenoxy) is 1. The third kappa shape index (κ3) is 6.10. The summed E-state index contributed by atoms with van der Waals surface area (Å²) < 4.78 is 5.87. The molecule has 0 spiro atoms. The van der Waals surface area contributed by atoms with Crippen molar-refractivity contribution in [2.24, 2.45) is 10.8 Å². The Hall–Kier alpha value is -3.26. The molecule has 2 heterocycles. The maximum Gasteiger partial charge on any atom is 0.320 e. The number of likely N-dealkylation sites (tertiary alicyclic amines) is 1. The zero-order chi connectivity index (χ0) is 26.1. The molecule has 8 nitrogen and oxygen atoms in total. The van der Waals surface area contributed by atoms with E-state index in [0.29, 0.717) is 35.2 Å². The molecule has 0 radical (unpaired) electrons. The summed E-state index contributed by atoms with van der Waals surface area (Å²) in [6.07, 6.45) is 1.01. The monoisotopic (exact) mass is 512 g/mol. The number of fused-ring (bicyclic) bond motifs is 1. The summed E-state index contributed by atoms with van der Waals surface area (Å²) >= 11 is 5.99. The molecule has 36 heavy (non-hydrogen) atoms. The Kier molecular flexibility index (Phi) is 7.18. The quantitative estimate of drug-likeness (QED) is 0.629. The molecule has 2 aromatic rings. The van der Waals surface area contributed by atoms with Crippen molar-refractivity contribution < 1.29 is 19.1 Å². The summed E-state index contributed by atoms with van der Waals surface area (Å²) in [7, 11) is 0. The number of urea groups is 1. The lowest BCUT2D eigenvalue weighted by atomic mass is 9.71. The average Bonchev–Trinajstić information content (AvgIpc) is 2.89. The van der Waals surface area contributed by atoms with E-state index in [9.17, 15) is 14.4 Å². The number of rotatable bonds is 4. The van der Waals surface area contributed by atoms with Crippen LogP contribution in [0.4, 0.5) is 16.2 Å². The van der Waals surface area contributed by atoms with E-state index < -0.39 is 18.0 Å². The van der Waals surface area contributed by atoms with Crippen molar-refractivity contribution in [2.75, 3.05) is 36.5 Å². The zero-order valence-electron chi connectivity index (χ0n) is 21.1. The maximum atomic E-state index is 13.6. The molecule has 4 rings (SSSR count). The second-order valence-electron chi connectivity index (χ2n) is 11.1. The summed E-state index contributed by atoms with van der Waals surface area (Å²) in [5.74, 6) is -0.0643. The number of halogens is 1. The first-order valence-electron chi connectivity index (χ1n) is 12.1. The fourth-order valence-electron chi connectivity index (χ4n) is 5.42. The van der Waals surface area contributed by atoms with Gasteiger partial charge in [-0.2, -0.15) is 0 Å². The van der Waals surface area contributed by atoms with Crippen molar-refractivity contribution in [3.05, 3.63) is 53.6 Å². The van der Waals surface area contributed by atoms with E-state index in [4.69, 9.17) is 16.3 Å². The van der Waals surface area contributed by atoms with Gasteiger partial charge in [0.1, 0.15) is 24.9 Å². The predicted octanol–water partition coefficient (Wildman–Crippen LogP) is 4.54. The van der Waals surface area contributed by atoms with Gasteiger partial charge in [0.25, 0.3) is 5.91 Å². The SMILES string of the molecule is CC1(C)CN(C(=O)CN2C(=O)[C@H](NC(=O)Nc3cccc(Cl)c3)COc3ccccc32)CC(C)(C)C1. The molecule has 2 aliphatic rings. The third-order valence-electron chi connectivity index (χ3n) is 6.35. The Morgan fingerprint density at radius 3 is 2.44 bits per heavy atom. The van der Waals surface area contributed by atoms with E-state index in [1.54, 1.807) is 48.5 Å². The Morgan fingerprint density at radius 1 is 1.06 bits per heavy atom. The van der Waals surface area contributed by atoms with Crippen LogP contribution >= 0.6 is 11.6 Å². The van der Waals surface area contributed by atoms with Crippen LogP contribution in [-0.2, 0) is 9.59 Å². The predicted molar refractivity (Wildman–Crippen MR) is 140 cm³/mol. The van der Waals surface area contributed by atoms with Crippen LogP contribution in [0.3, 0.4) is 0 Å².